The molecule has 1 aliphatic rings. The Hall–Kier alpha value is -3.16. The van der Waals surface area contributed by atoms with E-state index in [9.17, 15) is 4.79 Å². The zero-order chi connectivity index (χ0) is 17.9. The van der Waals surface area contributed by atoms with Crippen molar-refractivity contribution in [2.45, 2.75) is 19.5 Å². The van der Waals surface area contributed by atoms with Gasteiger partial charge in [-0.3, -0.25) is 9.69 Å². The predicted octanol–water partition coefficient (Wildman–Crippen LogP) is 2.98. The summed E-state index contributed by atoms with van der Waals surface area (Å²) < 4.78 is 0. The van der Waals surface area contributed by atoms with Gasteiger partial charge in [0.25, 0.3) is 5.56 Å². The molecule has 2 heterocycles. The third-order valence-corrected chi connectivity index (χ3v) is 4.77. The summed E-state index contributed by atoms with van der Waals surface area (Å²) in [5, 5.41) is 0. The van der Waals surface area contributed by atoms with Crippen molar-refractivity contribution in [1.29, 1.82) is 0 Å². The maximum Gasteiger partial charge on any atom is 0.254 e. The van der Waals surface area contributed by atoms with Gasteiger partial charge in [0.15, 0.2) is 0 Å². The molecule has 0 amide bonds. The number of benzene rings is 2. The molecule has 26 heavy (non-hydrogen) atoms. The lowest BCUT2D eigenvalue weighted by molar-refractivity contribution is 0.240. The number of H-pyrrole nitrogens is 1. The third-order valence-electron chi connectivity index (χ3n) is 4.77. The Morgan fingerprint density at radius 3 is 2.69 bits per heavy atom. The Morgan fingerprint density at radius 1 is 1.12 bits per heavy atom. The van der Waals surface area contributed by atoms with Crippen LogP contribution in [-0.2, 0) is 19.5 Å². The van der Waals surface area contributed by atoms with Crippen molar-refractivity contribution in [1.82, 2.24) is 14.9 Å². The first kappa shape index (κ1) is 16.3. The standard InChI is InChI=1S/C22H19N3O/c1-2-16-8-6-7-11-18(16)14-25-13-12-19-20(15-25)23-21(24-22(19)26)17-9-4-3-5-10-17/h1,3-11H,12-15H2,(H,23,24,26). The number of fused-ring (bicyclic) bond motifs is 1. The minimum absolute atomic E-state index is 0.0301. The number of nitrogens with one attached hydrogen (secondary N) is 1. The highest BCUT2D eigenvalue weighted by Crippen LogP contribution is 2.20. The highest BCUT2D eigenvalue weighted by Gasteiger charge is 2.21. The van der Waals surface area contributed by atoms with Gasteiger partial charge in [0.2, 0.25) is 0 Å². The average molecular weight is 341 g/mol. The summed E-state index contributed by atoms with van der Waals surface area (Å²) in [5.74, 6) is 3.37. The van der Waals surface area contributed by atoms with E-state index in [2.05, 4.69) is 21.9 Å². The summed E-state index contributed by atoms with van der Waals surface area (Å²) in [4.78, 5) is 22.4. The van der Waals surface area contributed by atoms with Gasteiger partial charge < -0.3 is 4.98 Å². The van der Waals surface area contributed by atoms with E-state index in [1.807, 2.05) is 48.5 Å². The van der Waals surface area contributed by atoms with Crippen LogP contribution in [0.2, 0.25) is 0 Å². The van der Waals surface area contributed by atoms with Crippen LogP contribution in [0.5, 0.6) is 0 Å². The molecule has 0 bridgehead atoms. The first-order chi connectivity index (χ1) is 12.7. The van der Waals surface area contributed by atoms with Gasteiger partial charge in [-0.05, 0) is 18.1 Å². The molecule has 4 nitrogen and oxygen atoms in total. The van der Waals surface area contributed by atoms with E-state index in [4.69, 9.17) is 11.4 Å². The van der Waals surface area contributed by atoms with Gasteiger partial charge in [0.1, 0.15) is 5.82 Å². The van der Waals surface area contributed by atoms with Crippen LogP contribution in [0.1, 0.15) is 22.4 Å². The lowest BCUT2D eigenvalue weighted by atomic mass is 10.0. The Labute approximate surface area is 152 Å². The van der Waals surface area contributed by atoms with E-state index in [1.54, 1.807) is 0 Å². The molecule has 0 unspecified atom stereocenters. The van der Waals surface area contributed by atoms with E-state index in [1.165, 1.54) is 0 Å². The Morgan fingerprint density at radius 2 is 1.88 bits per heavy atom. The molecule has 0 atom stereocenters. The average Bonchev–Trinajstić information content (AvgIpc) is 2.69. The topological polar surface area (TPSA) is 49.0 Å². The highest BCUT2D eigenvalue weighted by atomic mass is 16.1. The number of terminal acetylenes is 1. The monoisotopic (exact) mass is 341 g/mol. The Kier molecular flexibility index (Phi) is 4.39. The third kappa shape index (κ3) is 3.17. The quantitative estimate of drug-likeness (QED) is 0.745. The van der Waals surface area contributed by atoms with Crippen molar-refractivity contribution in [2.75, 3.05) is 6.54 Å². The second kappa shape index (κ2) is 6.99. The molecule has 4 heteroatoms. The lowest BCUT2D eigenvalue weighted by Gasteiger charge is -2.28. The number of aromatic amines is 1. The van der Waals surface area contributed by atoms with Crippen LogP contribution in [0.4, 0.5) is 0 Å². The van der Waals surface area contributed by atoms with E-state index < -0.39 is 0 Å². The summed E-state index contributed by atoms with van der Waals surface area (Å²) in [5.41, 5.74) is 4.59. The normalized spacial score (nSPS) is 13.8. The van der Waals surface area contributed by atoms with E-state index in [0.29, 0.717) is 18.8 Å². The maximum atomic E-state index is 12.5. The molecule has 0 radical (unpaired) electrons. The number of hydrogen-bond donors (Lipinski definition) is 1. The fourth-order valence-electron chi connectivity index (χ4n) is 3.40. The van der Waals surface area contributed by atoms with Crippen LogP contribution in [0.3, 0.4) is 0 Å². The van der Waals surface area contributed by atoms with E-state index in [-0.39, 0.29) is 5.56 Å². The van der Waals surface area contributed by atoms with Crippen molar-refractivity contribution in [3.8, 4) is 23.7 Å². The van der Waals surface area contributed by atoms with Gasteiger partial charge in [-0.2, -0.15) is 0 Å². The molecule has 0 saturated carbocycles. The molecule has 0 spiro atoms. The van der Waals surface area contributed by atoms with Crippen LogP contribution >= 0.6 is 0 Å². The highest BCUT2D eigenvalue weighted by molar-refractivity contribution is 5.54. The van der Waals surface area contributed by atoms with Crippen molar-refractivity contribution in [2.24, 2.45) is 0 Å². The van der Waals surface area contributed by atoms with Crippen molar-refractivity contribution < 1.29 is 0 Å². The number of aromatic nitrogens is 2. The minimum Gasteiger partial charge on any atom is -0.306 e. The molecule has 1 aliphatic heterocycles. The van der Waals surface area contributed by atoms with Gasteiger partial charge in [-0.25, -0.2) is 4.98 Å². The summed E-state index contributed by atoms with van der Waals surface area (Å²) in [6, 6.07) is 17.7. The largest absolute Gasteiger partial charge is 0.306 e. The molecule has 0 saturated heterocycles. The molecular weight excluding hydrogens is 322 g/mol. The molecule has 4 rings (SSSR count). The first-order valence-corrected chi connectivity index (χ1v) is 8.69. The van der Waals surface area contributed by atoms with Crippen molar-refractivity contribution in [3.05, 3.63) is 87.3 Å². The van der Waals surface area contributed by atoms with Crippen LogP contribution in [0.15, 0.2) is 59.4 Å². The van der Waals surface area contributed by atoms with Crippen LogP contribution in [-0.4, -0.2) is 21.4 Å². The molecule has 0 fully saturated rings. The van der Waals surface area contributed by atoms with Gasteiger partial charge >= 0.3 is 0 Å². The Balaban J connectivity index is 1.63. The summed E-state index contributed by atoms with van der Waals surface area (Å²) >= 11 is 0. The SMILES string of the molecule is C#Cc1ccccc1CN1CCc2c(nc(-c3ccccc3)[nH]c2=O)C1. The molecular formula is C22H19N3O. The Bertz CT molecular complexity index is 1030. The van der Waals surface area contributed by atoms with Gasteiger partial charge in [0, 0.05) is 36.3 Å². The fourth-order valence-corrected chi connectivity index (χ4v) is 3.40. The fraction of sp³-hybridized carbons (Fsp3) is 0.182. The second-order valence-corrected chi connectivity index (χ2v) is 6.47. The van der Waals surface area contributed by atoms with Crippen LogP contribution in [0, 0.1) is 12.3 Å². The van der Waals surface area contributed by atoms with Gasteiger partial charge in [-0.15, -0.1) is 6.42 Å². The number of nitrogens with zero attached hydrogens (tertiary/aromatic N) is 2. The first-order valence-electron chi connectivity index (χ1n) is 8.69. The molecule has 2 aromatic carbocycles. The number of hydrogen-bond acceptors (Lipinski definition) is 3. The summed E-state index contributed by atoms with van der Waals surface area (Å²) in [6.45, 7) is 2.23. The van der Waals surface area contributed by atoms with E-state index in [0.717, 1.165) is 41.0 Å². The van der Waals surface area contributed by atoms with Crippen molar-refractivity contribution in [3.63, 3.8) is 0 Å². The summed E-state index contributed by atoms with van der Waals surface area (Å²) in [6.07, 6.45) is 6.31. The minimum atomic E-state index is -0.0301. The molecule has 3 aromatic rings. The van der Waals surface area contributed by atoms with Crippen LogP contribution < -0.4 is 5.56 Å². The second-order valence-electron chi connectivity index (χ2n) is 6.47. The maximum absolute atomic E-state index is 12.5. The van der Waals surface area contributed by atoms with Gasteiger partial charge in [-0.1, -0.05) is 54.5 Å². The molecule has 0 aliphatic carbocycles. The summed E-state index contributed by atoms with van der Waals surface area (Å²) in [7, 11) is 0. The lowest BCUT2D eigenvalue weighted by Crippen LogP contribution is -2.35. The predicted molar refractivity (Wildman–Crippen MR) is 102 cm³/mol. The zero-order valence-electron chi connectivity index (χ0n) is 14.4. The van der Waals surface area contributed by atoms with Crippen molar-refractivity contribution >= 4 is 0 Å². The van der Waals surface area contributed by atoms with E-state index >= 15 is 0 Å². The molecule has 128 valence electrons. The number of rotatable bonds is 3. The molecule has 1 aromatic heterocycles. The smallest absolute Gasteiger partial charge is 0.254 e. The molecule has 1 N–H and O–H groups in total. The van der Waals surface area contributed by atoms with Gasteiger partial charge in [0.05, 0.1) is 5.69 Å². The van der Waals surface area contributed by atoms with Crippen LogP contribution in [0.25, 0.3) is 11.4 Å². The zero-order valence-corrected chi connectivity index (χ0v) is 14.4.